The van der Waals surface area contributed by atoms with Crippen molar-refractivity contribution in [2.45, 2.75) is 26.1 Å². The first-order valence-electron chi connectivity index (χ1n) is 4.58. The summed E-state index contributed by atoms with van der Waals surface area (Å²) in [5.41, 5.74) is 1.36. The molecule has 13 heavy (non-hydrogen) atoms. The number of benzene rings is 1. The molecular formula is C11H17AlF. The predicted molar refractivity (Wildman–Crippen MR) is 58.7 cm³/mol. The first-order valence-corrected chi connectivity index (χ1v) is 5.98. The molecule has 2 heteroatoms. The van der Waals surface area contributed by atoms with Crippen LogP contribution >= 0.6 is 0 Å². The van der Waals surface area contributed by atoms with E-state index in [0.29, 0.717) is 15.2 Å². The van der Waals surface area contributed by atoms with Gasteiger partial charge in [-0.1, -0.05) is 54.9 Å². The Kier molecular flexibility index (Phi) is 6.03. The first-order chi connectivity index (χ1) is 5.68. The standard InChI is InChI=1S/C7H7.C4H9.Al.FH/c1-7-5-3-2-4-6-7;1-4(2)3;;/h3-6H,1H3;4H,1H2,2-3H3;;1H. The summed E-state index contributed by atoms with van der Waals surface area (Å²) in [5.74, 6) is 0.848. The van der Waals surface area contributed by atoms with E-state index in [0.717, 1.165) is 5.92 Å². The molecule has 0 atom stereocenters. The van der Waals surface area contributed by atoms with Crippen molar-refractivity contribution in [1.29, 1.82) is 0 Å². The molecule has 0 nitrogen and oxygen atoms in total. The zero-order valence-electron chi connectivity index (χ0n) is 8.58. The minimum absolute atomic E-state index is 0. The number of aryl methyl sites for hydroxylation is 1. The summed E-state index contributed by atoms with van der Waals surface area (Å²) in [7, 11) is 0. The largest absolute Gasteiger partial charge is 0.269 e. The second kappa shape index (κ2) is 6.18. The molecule has 0 aliphatic heterocycles. The Morgan fingerprint density at radius 2 is 1.69 bits per heavy atom. The van der Waals surface area contributed by atoms with E-state index in [-0.39, 0.29) is 4.70 Å². The van der Waals surface area contributed by atoms with Gasteiger partial charge in [-0.05, 0) is 6.92 Å². The van der Waals surface area contributed by atoms with Gasteiger partial charge in [0.25, 0.3) is 15.2 Å². The van der Waals surface area contributed by atoms with E-state index in [1.54, 1.807) is 4.43 Å². The van der Waals surface area contributed by atoms with Crippen LogP contribution in [0.1, 0.15) is 19.4 Å². The van der Waals surface area contributed by atoms with Gasteiger partial charge in [-0.2, -0.15) is 0 Å². The average Bonchev–Trinajstić information content (AvgIpc) is 2.03. The molecule has 0 amide bonds. The third kappa shape index (κ3) is 5.08. The molecule has 0 aliphatic rings. The first kappa shape index (κ1) is 12.7. The van der Waals surface area contributed by atoms with E-state index in [1.807, 2.05) is 0 Å². The molecule has 71 valence electrons. The molecule has 0 saturated carbocycles. The molecule has 0 spiro atoms. The lowest BCUT2D eigenvalue weighted by Crippen LogP contribution is -2.14. The SMILES string of the molecule is Cc1cc[c]([Al][CH2]C(C)C)cc1.F. The van der Waals surface area contributed by atoms with Crippen LogP contribution in [0, 0.1) is 12.8 Å². The van der Waals surface area contributed by atoms with Crippen molar-refractivity contribution >= 4 is 19.6 Å². The number of hydrogen-bond acceptors (Lipinski definition) is 0. The summed E-state index contributed by atoms with van der Waals surface area (Å²) >= 11 is 0.503. The summed E-state index contributed by atoms with van der Waals surface area (Å²) in [6.45, 7) is 6.73. The highest BCUT2D eigenvalue weighted by Gasteiger charge is 1.98. The molecule has 0 heterocycles. The van der Waals surface area contributed by atoms with Gasteiger partial charge in [0.15, 0.2) is 0 Å². The van der Waals surface area contributed by atoms with Crippen molar-refractivity contribution < 1.29 is 4.70 Å². The van der Waals surface area contributed by atoms with Crippen LogP contribution in [0.3, 0.4) is 0 Å². The fourth-order valence-electron chi connectivity index (χ4n) is 1.07. The molecule has 0 aliphatic carbocycles. The minimum Gasteiger partial charge on any atom is -0.269 e. The van der Waals surface area contributed by atoms with Crippen LogP contribution in [0.25, 0.3) is 0 Å². The Labute approximate surface area is 86.4 Å². The fraction of sp³-hybridized carbons (Fsp3) is 0.455. The molecule has 0 fully saturated rings. The lowest BCUT2D eigenvalue weighted by molar-refractivity contribution is 0.732. The maximum Gasteiger partial charge on any atom is 0.250 e. The highest BCUT2D eigenvalue weighted by Crippen LogP contribution is 1.99. The maximum atomic E-state index is 2.29. The van der Waals surface area contributed by atoms with Crippen LogP contribution in [0.2, 0.25) is 5.28 Å². The van der Waals surface area contributed by atoms with Crippen molar-refractivity contribution in [2.75, 3.05) is 0 Å². The van der Waals surface area contributed by atoms with E-state index in [1.165, 1.54) is 10.8 Å². The van der Waals surface area contributed by atoms with Crippen LogP contribution in [0.5, 0.6) is 0 Å². The maximum absolute atomic E-state index is 2.29. The second-order valence-corrected chi connectivity index (χ2v) is 5.29. The van der Waals surface area contributed by atoms with Crippen LogP contribution in [0.4, 0.5) is 4.70 Å². The molecule has 0 unspecified atom stereocenters. The van der Waals surface area contributed by atoms with E-state index in [4.69, 9.17) is 0 Å². The summed E-state index contributed by atoms with van der Waals surface area (Å²) in [6, 6.07) is 8.96. The van der Waals surface area contributed by atoms with Crippen LogP contribution in [0.15, 0.2) is 24.3 Å². The number of rotatable bonds is 3. The monoisotopic (exact) mass is 195 g/mol. The molecular weight excluding hydrogens is 178 g/mol. The van der Waals surface area contributed by atoms with Crippen molar-refractivity contribution in [3.8, 4) is 0 Å². The summed E-state index contributed by atoms with van der Waals surface area (Å²) in [6.07, 6.45) is 0. The van der Waals surface area contributed by atoms with Gasteiger partial charge in [-0.25, -0.2) is 0 Å². The highest BCUT2D eigenvalue weighted by atomic mass is 27.1. The van der Waals surface area contributed by atoms with E-state index in [2.05, 4.69) is 45.0 Å². The van der Waals surface area contributed by atoms with Crippen molar-refractivity contribution in [2.24, 2.45) is 5.92 Å². The zero-order valence-corrected chi connectivity index (χ0v) is 9.73. The minimum atomic E-state index is 0. The molecule has 0 N–H and O–H groups in total. The van der Waals surface area contributed by atoms with Gasteiger partial charge in [-0.15, -0.1) is 4.43 Å². The Hall–Kier alpha value is -0.318. The Morgan fingerprint density at radius 3 is 2.15 bits per heavy atom. The average molecular weight is 195 g/mol. The highest BCUT2D eigenvalue weighted by molar-refractivity contribution is 6.53. The lowest BCUT2D eigenvalue weighted by Gasteiger charge is -2.02. The van der Waals surface area contributed by atoms with E-state index < -0.39 is 0 Å². The number of hydrogen-bond donors (Lipinski definition) is 0. The normalized spacial score (nSPS) is 9.54. The van der Waals surface area contributed by atoms with Crippen LogP contribution in [-0.4, -0.2) is 15.2 Å². The second-order valence-electron chi connectivity index (χ2n) is 3.74. The zero-order chi connectivity index (χ0) is 8.97. The van der Waals surface area contributed by atoms with Crippen LogP contribution < -0.4 is 4.43 Å². The van der Waals surface area contributed by atoms with Gasteiger partial charge in [0.1, 0.15) is 0 Å². The van der Waals surface area contributed by atoms with E-state index >= 15 is 0 Å². The summed E-state index contributed by atoms with van der Waals surface area (Å²) in [5, 5.41) is 1.38. The Balaban J connectivity index is 0.00000144. The third-order valence-corrected chi connectivity index (χ3v) is 3.94. The van der Waals surface area contributed by atoms with E-state index in [9.17, 15) is 0 Å². The number of halogens is 1. The molecule has 1 aromatic carbocycles. The topological polar surface area (TPSA) is 0 Å². The Morgan fingerprint density at radius 1 is 1.15 bits per heavy atom. The van der Waals surface area contributed by atoms with Gasteiger partial charge in [0.05, 0.1) is 0 Å². The molecule has 1 aromatic rings. The summed E-state index contributed by atoms with van der Waals surface area (Å²) in [4.78, 5) is 0. The van der Waals surface area contributed by atoms with Crippen molar-refractivity contribution in [3.05, 3.63) is 29.8 Å². The van der Waals surface area contributed by atoms with Gasteiger partial charge in [0, 0.05) is 0 Å². The molecule has 0 saturated heterocycles. The molecule has 0 aromatic heterocycles. The van der Waals surface area contributed by atoms with Crippen molar-refractivity contribution in [1.82, 2.24) is 0 Å². The van der Waals surface area contributed by atoms with Gasteiger partial charge < -0.3 is 0 Å². The molecule has 1 radical (unpaired) electrons. The smallest absolute Gasteiger partial charge is 0.250 e. The summed E-state index contributed by atoms with van der Waals surface area (Å²) < 4.78 is 1.55. The lowest BCUT2D eigenvalue weighted by atomic mass is 10.2. The Bertz CT molecular complexity index is 228. The van der Waals surface area contributed by atoms with Gasteiger partial charge in [-0.3, -0.25) is 4.70 Å². The van der Waals surface area contributed by atoms with Crippen molar-refractivity contribution in [3.63, 3.8) is 0 Å². The van der Waals surface area contributed by atoms with Gasteiger partial charge in [0.2, 0.25) is 0 Å². The van der Waals surface area contributed by atoms with Gasteiger partial charge >= 0.3 is 0 Å². The van der Waals surface area contributed by atoms with Crippen LogP contribution in [-0.2, 0) is 0 Å². The third-order valence-electron chi connectivity index (χ3n) is 1.90. The fourth-order valence-corrected chi connectivity index (χ4v) is 2.28. The molecule has 1 rings (SSSR count). The predicted octanol–water partition coefficient (Wildman–Crippen LogP) is 2.55. The molecule has 0 bridgehead atoms. The quantitative estimate of drug-likeness (QED) is 0.650.